The highest BCUT2D eigenvalue weighted by Gasteiger charge is 2.22. The highest BCUT2D eigenvalue weighted by atomic mass is 35.5. The van der Waals surface area contributed by atoms with Crippen molar-refractivity contribution in [3.63, 3.8) is 0 Å². The van der Waals surface area contributed by atoms with Gasteiger partial charge in [0, 0.05) is 23.9 Å². The van der Waals surface area contributed by atoms with Gasteiger partial charge in [0.05, 0.1) is 11.0 Å². The first-order chi connectivity index (χ1) is 13.1. The number of fused-ring (bicyclic) bond motifs is 1. The molecule has 1 heterocycles. The van der Waals surface area contributed by atoms with E-state index in [0.717, 1.165) is 10.6 Å². The van der Waals surface area contributed by atoms with Crippen LogP contribution in [-0.4, -0.2) is 4.98 Å². The van der Waals surface area contributed by atoms with Crippen molar-refractivity contribution in [1.82, 2.24) is 4.98 Å². The van der Waals surface area contributed by atoms with Crippen molar-refractivity contribution in [2.45, 2.75) is 6.43 Å². The Hall–Kier alpha value is -2.35. The molecule has 0 aliphatic rings. The molecule has 0 aliphatic carbocycles. The lowest BCUT2D eigenvalue weighted by atomic mass is 10.1. The number of nitrogens with zero attached hydrogens (tertiary/aromatic N) is 1. The Balaban J connectivity index is 1.96. The second-order valence-electron chi connectivity index (χ2n) is 6.03. The summed E-state index contributed by atoms with van der Waals surface area (Å²) in [6.07, 6.45) is -2.56. The van der Waals surface area contributed by atoms with Gasteiger partial charge in [-0.2, -0.15) is 0 Å². The molecule has 0 spiro atoms. The van der Waals surface area contributed by atoms with Gasteiger partial charge in [-0.05, 0) is 34.9 Å². The largest absolute Gasteiger partial charge is 0.264 e. The van der Waals surface area contributed by atoms with Crippen molar-refractivity contribution in [2.75, 3.05) is 0 Å². The number of hydrogen-bond acceptors (Lipinski definition) is 1. The molecule has 0 amide bonds. The van der Waals surface area contributed by atoms with Crippen LogP contribution in [0.5, 0.6) is 0 Å². The average molecular weight is 398 g/mol. The minimum atomic E-state index is -2.56. The molecule has 0 radical (unpaired) electrons. The van der Waals surface area contributed by atoms with E-state index in [1.54, 1.807) is 24.3 Å². The summed E-state index contributed by atoms with van der Waals surface area (Å²) in [5.74, 6) is 0. The summed E-state index contributed by atoms with van der Waals surface area (Å²) in [4.78, 5) is 4.76. The van der Waals surface area contributed by atoms with E-state index in [1.807, 2.05) is 60.7 Å². The number of aromatic nitrogens is 1. The lowest BCUT2D eigenvalue weighted by Gasteiger charge is -2.20. The van der Waals surface area contributed by atoms with Crippen LogP contribution in [0.4, 0.5) is 8.78 Å². The Kier molecular flexibility index (Phi) is 5.15. The van der Waals surface area contributed by atoms with E-state index in [2.05, 4.69) is 0 Å². The Morgan fingerprint density at radius 1 is 0.778 bits per heavy atom. The molecular formula is C22H15ClF2NP. The lowest BCUT2D eigenvalue weighted by Crippen LogP contribution is -2.23. The first kappa shape index (κ1) is 18.0. The monoisotopic (exact) mass is 397 g/mol. The number of halogens is 3. The molecule has 0 fully saturated rings. The Labute approximate surface area is 162 Å². The third-order valence-electron chi connectivity index (χ3n) is 4.30. The van der Waals surface area contributed by atoms with E-state index in [4.69, 9.17) is 16.6 Å². The first-order valence-corrected chi connectivity index (χ1v) is 10.1. The van der Waals surface area contributed by atoms with Crippen molar-refractivity contribution >= 4 is 46.5 Å². The van der Waals surface area contributed by atoms with E-state index in [0.29, 0.717) is 21.4 Å². The summed E-state index contributed by atoms with van der Waals surface area (Å²) < 4.78 is 27.5. The number of alkyl halides is 2. The molecule has 27 heavy (non-hydrogen) atoms. The predicted molar refractivity (Wildman–Crippen MR) is 110 cm³/mol. The maximum atomic E-state index is 13.8. The molecule has 4 rings (SSSR count). The average Bonchev–Trinajstić information content (AvgIpc) is 2.70. The SMILES string of the molecule is FC(F)c1cc(P(c2ccccc2)c2ccc(Cl)cc2)nc2ccccc12. The van der Waals surface area contributed by atoms with E-state index >= 15 is 0 Å². The number of benzene rings is 3. The van der Waals surface area contributed by atoms with Crippen LogP contribution in [0.25, 0.3) is 10.9 Å². The molecule has 0 saturated carbocycles. The zero-order chi connectivity index (χ0) is 18.8. The fraction of sp³-hybridized carbons (Fsp3) is 0.0455. The van der Waals surface area contributed by atoms with Crippen LogP contribution in [-0.2, 0) is 0 Å². The molecule has 1 unspecified atom stereocenters. The van der Waals surface area contributed by atoms with Gasteiger partial charge in [-0.3, -0.25) is 0 Å². The molecule has 0 aliphatic heterocycles. The fourth-order valence-electron chi connectivity index (χ4n) is 3.06. The fourth-order valence-corrected chi connectivity index (χ4v) is 5.41. The van der Waals surface area contributed by atoms with Crippen LogP contribution in [0, 0.1) is 0 Å². The Morgan fingerprint density at radius 3 is 2.11 bits per heavy atom. The second-order valence-corrected chi connectivity index (χ2v) is 8.63. The molecule has 0 N–H and O–H groups in total. The molecular weight excluding hydrogens is 383 g/mol. The zero-order valence-corrected chi connectivity index (χ0v) is 15.8. The van der Waals surface area contributed by atoms with Crippen molar-refractivity contribution < 1.29 is 8.78 Å². The minimum absolute atomic E-state index is 0.0213. The van der Waals surface area contributed by atoms with Gasteiger partial charge in [0.15, 0.2) is 0 Å². The van der Waals surface area contributed by atoms with Gasteiger partial charge in [-0.1, -0.05) is 72.3 Å². The van der Waals surface area contributed by atoms with Crippen LogP contribution in [0.1, 0.15) is 12.0 Å². The van der Waals surface area contributed by atoms with Crippen molar-refractivity contribution in [3.8, 4) is 0 Å². The predicted octanol–water partition coefficient (Wildman–Crippen LogP) is 5.58. The smallest absolute Gasteiger partial charge is 0.247 e. The highest BCUT2D eigenvalue weighted by Crippen LogP contribution is 2.35. The number of para-hydroxylation sites is 1. The summed E-state index contributed by atoms with van der Waals surface area (Å²) >= 11 is 6.05. The molecule has 5 heteroatoms. The number of hydrogen-bond donors (Lipinski definition) is 0. The topological polar surface area (TPSA) is 12.9 Å². The van der Waals surface area contributed by atoms with Crippen LogP contribution in [0.3, 0.4) is 0 Å². The summed E-state index contributed by atoms with van der Waals surface area (Å²) in [7, 11) is -1.08. The Bertz CT molecular complexity index is 1070. The van der Waals surface area contributed by atoms with Crippen LogP contribution >= 0.6 is 19.5 Å². The first-order valence-electron chi connectivity index (χ1n) is 8.42. The van der Waals surface area contributed by atoms with Crippen LogP contribution in [0.15, 0.2) is 84.9 Å². The second kappa shape index (κ2) is 7.72. The summed E-state index contributed by atoms with van der Waals surface area (Å²) in [5, 5.41) is 3.21. The zero-order valence-electron chi connectivity index (χ0n) is 14.2. The molecule has 0 bridgehead atoms. The lowest BCUT2D eigenvalue weighted by molar-refractivity contribution is 0.153. The molecule has 1 aromatic heterocycles. The van der Waals surface area contributed by atoms with E-state index in [1.165, 1.54) is 0 Å². The third-order valence-corrected chi connectivity index (χ3v) is 6.87. The van der Waals surface area contributed by atoms with Crippen molar-refractivity contribution in [3.05, 3.63) is 95.5 Å². The van der Waals surface area contributed by atoms with E-state index in [-0.39, 0.29) is 5.56 Å². The maximum absolute atomic E-state index is 13.8. The molecule has 0 saturated heterocycles. The van der Waals surface area contributed by atoms with Gasteiger partial charge >= 0.3 is 0 Å². The molecule has 1 atom stereocenters. The van der Waals surface area contributed by atoms with Gasteiger partial charge in [0.25, 0.3) is 6.43 Å². The van der Waals surface area contributed by atoms with E-state index in [9.17, 15) is 8.78 Å². The van der Waals surface area contributed by atoms with Crippen molar-refractivity contribution in [2.24, 2.45) is 0 Å². The number of rotatable bonds is 4. The maximum Gasteiger partial charge on any atom is 0.264 e. The summed E-state index contributed by atoms with van der Waals surface area (Å²) in [5.41, 5.74) is 1.27. The quantitative estimate of drug-likeness (QED) is 0.409. The standard InChI is InChI=1S/C22H15ClF2NP/c23-15-10-12-17(13-11-15)27(16-6-2-1-3-7-16)21-14-19(22(24)25)18-8-4-5-9-20(18)26-21/h1-14,22H. The molecule has 1 nitrogen and oxygen atoms in total. The molecule has 3 aromatic carbocycles. The van der Waals surface area contributed by atoms with Gasteiger partial charge in [-0.15, -0.1) is 0 Å². The van der Waals surface area contributed by atoms with Gasteiger partial charge in [0.1, 0.15) is 0 Å². The summed E-state index contributed by atoms with van der Waals surface area (Å²) in [6.45, 7) is 0. The summed E-state index contributed by atoms with van der Waals surface area (Å²) in [6, 6.07) is 26.0. The van der Waals surface area contributed by atoms with Crippen LogP contribution < -0.4 is 16.0 Å². The van der Waals surface area contributed by atoms with Gasteiger partial charge < -0.3 is 0 Å². The third kappa shape index (κ3) is 3.71. The van der Waals surface area contributed by atoms with E-state index < -0.39 is 14.3 Å². The Morgan fingerprint density at radius 2 is 1.41 bits per heavy atom. The van der Waals surface area contributed by atoms with Gasteiger partial charge in [-0.25, -0.2) is 13.8 Å². The van der Waals surface area contributed by atoms with Crippen molar-refractivity contribution in [1.29, 1.82) is 0 Å². The normalized spacial score (nSPS) is 12.4. The van der Waals surface area contributed by atoms with Crippen LogP contribution in [0.2, 0.25) is 5.02 Å². The number of pyridine rings is 1. The molecule has 4 aromatic rings. The minimum Gasteiger partial charge on any atom is -0.247 e. The highest BCUT2D eigenvalue weighted by molar-refractivity contribution is 7.79. The molecule has 134 valence electrons. The van der Waals surface area contributed by atoms with Gasteiger partial charge in [0.2, 0.25) is 0 Å².